The number of hydrogen-bond acceptors (Lipinski definition) is 5. The Balaban J connectivity index is 1.63. The van der Waals surface area contributed by atoms with Gasteiger partial charge in [0.25, 0.3) is 5.91 Å². The second-order valence-electron chi connectivity index (χ2n) is 9.18. The lowest BCUT2D eigenvalue weighted by atomic mass is 10.1. The zero-order valence-corrected chi connectivity index (χ0v) is 20.8. The average molecular weight is 470 g/mol. The Morgan fingerprint density at radius 2 is 1.56 bits per heavy atom. The highest BCUT2D eigenvalue weighted by atomic mass is 16.3. The fourth-order valence-corrected chi connectivity index (χ4v) is 4.24. The number of aliphatic hydroxyl groups excluding tert-OH is 1. The maximum Gasteiger partial charge on any atom is 0.270 e. The van der Waals surface area contributed by atoms with Gasteiger partial charge in [0.1, 0.15) is 11.8 Å². The van der Waals surface area contributed by atoms with Crippen molar-refractivity contribution in [2.75, 3.05) is 13.1 Å². The van der Waals surface area contributed by atoms with E-state index >= 15 is 0 Å². The molecule has 2 rings (SSSR count). The largest absolute Gasteiger partial charge is 0.383 e. The van der Waals surface area contributed by atoms with Crippen LogP contribution in [0.3, 0.4) is 0 Å². The first kappa shape index (κ1) is 27.9. The Hall–Kier alpha value is -2.31. The van der Waals surface area contributed by atoms with Crippen molar-refractivity contribution in [3.8, 4) is 0 Å². The summed E-state index contributed by atoms with van der Waals surface area (Å²) >= 11 is 0. The molecule has 0 bridgehead atoms. The Kier molecular flexibility index (Phi) is 14.1. The van der Waals surface area contributed by atoms with Crippen molar-refractivity contribution in [2.45, 2.75) is 96.1 Å². The quantitative estimate of drug-likeness (QED) is 0.195. The highest BCUT2D eigenvalue weighted by Gasteiger charge is 2.22. The smallest absolute Gasteiger partial charge is 0.270 e. The monoisotopic (exact) mass is 469 g/mol. The van der Waals surface area contributed by atoms with Crippen LogP contribution in [0.4, 0.5) is 0 Å². The van der Waals surface area contributed by atoms with E-state index in [0.717, 1.165) is 30.2 Å². The van der Waals surface area contributed by atoms with Crippen LogP contribution < -0.4 is 10.6 Å². The Bertz CT molecular complexity index is 837. The summed E-state index contributed by atoms with van der Waals surface area (Å²) in [7, 11) is 0. The molecule has 3 N–H and O–H groups in total. The van der Waals surface area contributed by atoms with Gasteiger partial charge in [0, 0.05) is 18.1 Å². The summed E-state index contributed by atoms with van der Waals surface area (Å²) in [6, 6.07) is 8.66. The van der Waals surface area contributed by atoms with Crippen LogP contribution in [0.5, 0.6) is 0 Å². The van der Waals surface area contributed by atoms with Gasteiger partial charge in [0.2, 0.25) is 0 Å². The van der Waals surface area contributed by atoms with Gasteiger partial charge in [-0.3, -0.25) is 9.78 Å². The number of carbonyl (C=O) groups excluding carboxylic acids is 2. The van der Waals surface area contributed by atoms with Gasteiger partial charge in [-0.2, -0.15) is 0 Å². The summed E-state index contributed by atoms with van der Waals surface area (Å²) in [6.45, 7) is 3.38. The van der Waals surface area contributed by atoms with E-state index in [-0.39, 0.29) is 0 Å². The van der Waals surface area contributed by atoms with Crippen molar-refractivity contribution >= 4 is 23.0 Å². The van der Waals surface area contributed by atoms with Gasteiger partial charge in [-0.15, -0.1) is 0 Å². The third-order valence-corrected chi connectivity index (χ3v) is 6.33. The normalized spacial score (nSPS) is 13.0. The Morgan fingerprint density at radius 3 is 2.21 bits per heavy atom. The van der Waals surface area contributed by atoms with Crippen molar-refractivity contribution in [1.82, 2.24) is 15.6 Å². The molecule has 1 aromatic carbocycles. The van der Waals surface area contributed by atoms with Crippen LogP contribution >= 0.6 is 0 Å². The van der Waals surface area contributed by atoms with Crippen molar-refractivity contribution < 1.29 is 14.7 Å². The van der Waals surface area contributed by atoms with E-state index in [0.29, 0.717) is 18.5 Å². The third-order valence-electron chi connectivity index (χ3n) is 6.33. The van der Waals surface area contributed by atoms with Crippen LogP contribution in [0, 0.1) is 0 Å². The van der Waals surface area contributed by atoms with Crippen molar-refractivity contribution in [1.29, 1.82) is 0 Å². The molecule has 2 atom stereocenters. The second kappa shape index (κ2) is 17.2. The molecule has 0 radical (unpaired) electrons. The number of aliphatic hydroxyl groups is 1. The van der Waals surface area contributed by atoms with E-state index in [1.807, 2.05) is 30.3 Å². The van der Waals surface area contributed by atoms with Gasteiger partial charge in [-0.1, -0.05) is 102 Å². The minimum atomic E-state index is -1.27. The van der Waals surface area contributed by atoms with Crippen molar-refractivity contribution in [2.24, 2.45) is 0 Å². The first-order chi connectivity index (χ1) is 16.7. The highest BCUT2D eigenvalue weighted by Crippen LogP contribution is 2.16. The minimum Gasteiger partial charge on any atom is -0.383 e. The van der Waals surface area contributed by atoms with Crippen LogP contribution in [-0.2, 0) is 4.79 Å². The predicted molar refractivity (Wildman–Crippen MR) is 139 cm³/mol. The number of pyridine rings is 1. The van der Waals surface area contributed by atoms with Gasteiger partial charge in [0.15, 0.2) is 6.29 Å². The standard InChI is InChI=1S/C28H43N3O3/c1-2-3-4-5-6-7-8-9-10-11-12-15-19-29-21-25(26(33)22-32)31-28(34)27-24-17-14-13-16-23(24)18-20-30-27/h13-14,16-18,20,22,25-26,29,33H,2-12,15,19,21H2,1H3,(H,31,34)/t25-,26-/m0/s1. The number of nitrogens with one attached hydrogen (secondary N) is 2. The van der Waals surface area contributed by atoms with E-state index in [9.17, 15) is 14.7 Å². The van der Waals surface area contributed by atoms with E-state index in [1.54, 1.807) is 6.20 Å². The topological polar surface area (TPSA) is 91.3 Å². The molecule has 0 spiro atoms. The van der Waals surface area contributed by atoms with Gasteiger partial charge in [-0.25, -0.2) is 0 Å². The third kappa shape index (κ3) is 10.3. The summed E-state index contributed by atoms with van der Waals surface area (Å²) in [5.41, 5.74) is 0.294. The number of benzene rings is 1. The zero-order valence-electron chi connectivity index (χ0n) is 20.8. The highest BCUT2D eigenvalue weighted by molar-refractivity contribution is 6.05. The molecule has 0 saturated carbocycles. The number of carbonyl (C=O) groups is 2. The summed E-state index contributed by atoms with van der Waals surface area (Å²) in [5, 5.41) is 17.8. The molecule has 0 aliphatic rings. The molecule has 0 aliphatic heterocycles. The molecule has 0 unspecified atom stereocenters. The van der Waals surface area contributed by atoms with Crippen LogP contribution in [0.25, 0.3) is 10.8 Å². The minimum absolute atomic E-state index is 0.294. The summed E-state index contributed by atoms with van der Waals surface area (Å²) in [4.78, 5) is 28.2. The molecule has 2 aromatic rings. The van der Waals surface area contributed by atoms with Crippen LogP contribution in [-0.4, -0.2) is 47.5 Å². The van der Waals surface area contributed by atoms with Crippen LogP contribution in [0.1, 0.15) is 94.5 Å². The molecular formula is C28H43N3O3. The van der Waals surface area contributed by atoms with E-state index in [4.69, 9.17) is 0 Å². The maximum absolute atomic E-state index is 12.8. The van der Waals surface area contributed by atoms with Crippen molar-refractivity contribution in [3.05, 3.63) is 42.2 Å². The summed E-state index contributed by atoms with van der Waals surface area (Å²) < 4.78 is 0. The lowest BCUT2D eigenvalue weighted by Crippen LogP contribution is -2.50. The molecule has 1 aromatic heterocycles. The van der Waals surface area contributed by atoms with Crippen molar-refractivity contribution in [3.63, 3.8) is 0 Å². The number of hydrogen-bond donors (Lipinski definition) is 3. The molecule has 1 heterocycles. The van der Waals surface area contributed by atoms with E-state index in [2.05, 4.69) is 22.5 Å². The Labute approximate surface area is 204 Å². The second-order valence-corrected chi connectivity index (χ2v) is 9.18. The number of rotatable bonds is 19. The van der Waals surface area contributed by atoms with Gasteiger partial charge < -0.3 is 20.5 Å². The van der Waals surface area contributed by atoms with E-state index in [1.165, 1.54) is 64.2 Å². The molecule has 0 fully saturated rings. The molecule has 6 heteroatoms. The number of nitrogens with zero attached hydrogens (tertiary/aromatic N) is 1. The van der Waals surface area contributed by atoms with E-state index < -0.39 is 18.1 Å². The first-order valence-corrected chi connectivity index (χ1v) is 13.2. The molecule has 34 heavy (non-hydrogen) atoms. The first-order valence-electron chi connectivity index (χ1n) is 13.2. The predicted octanol–water partition coefficient (Wildman–Crippen LogP) is 5.18. The maximum atomic E-state index is 12.8. The molecule has 6 nitrogen and oxygen atoms in total. The van der Waals surface area contributed by atoms with Crippen LogP contribution in [0.15, 0.2) is 36.5 Å². The molecular weight excluding hydrogens is 426 g/mol. The SMILES string of the molecule is CCCCCCCCCCCCCCNC[C@H](NC(=O)c1nccc2ccccc12)[C@@H](O)C=O. The number of unbranched alkanes of at least 4 members (excludes halogenated alkanes) is 11. The number of fused-ring (bicyclic) bond motifs is 1. The fraction of sp³-hybridized carbons (Fsp3) is 0.607. The van der Waals surface area contributed by atoms with Gasteiger partial charge in [0.05, 0.1) is 6.04 Å². The molecule has 188 valence electrons. The zero-order chi connectivity index (χ0) is 24.4. The van der Waals surface area contributed by atoms with Gasteiger partial charge >= 0.3 is 0 Å². The molecule has 1 amide bonds. The summed E-state index contributed by atoms with van der Waals surface area (Å²) in [6.07, 6.45) is 16.4. The Morgan fingerprint density at radius 1 is 0.941 bits per heavy atom. The number of amides is 1. The molecule has 0 aliphatic carbocycles. The van der Waals surface area contributed by atoms with Crippen LogP contribution in [0.2, 0.25) is 0 Å². The molecule has 0 saturated heterocycles. The average Bonchev–Trinajstić information content (AvgIpc) is 2.87. The number of aromatic nitrogens is 1. The summed E-state index contributed by atoms with van der Waals surface area (Å²) in [5.74, 6) is -0.394. The lowest BCUT2D eigenvalue weighted by Gasteiger charge is -2.21. The van der Waals surface area contributed by atoms with Gasteiger partial charge in [-0.05, 0) is 24.4 Å². The fourth-order valence-electron chi connectivity index (χ4n) is 4.24. The number of aldehydes is 1. The lowest BCUT2D eigenvalue weighted by molar-refractivity contribution is -0.115.